The van der Waals surface area contributed by atoms with Crippen LogP contribution in [0.15, 0.2) is 30.3 Å². The second-order valence-corrected chi connectivity index (χ2v) is 1.73. The molecular weight excluding hydrogens is 159 g/mol. The Morgan fingerprint density at radius 2 is 1.50 bits per heavy atom. The Kier molecular flexibility index (Phi) is 12.4. The number of aliphatic hydroxyl groups is 1. The Hall–Kier alpha value is 0.470. The first-order valence-electron chi connectivity index (χ1n) is 2.55. The summed E-state index contributed by atoms with van der Waals surface area (Å²) in [5.74, 6) is 0. The van der Waals surface area contributed by atoms with Gasteiger partial charge >= 0.3 is 29.6 Å². The van der Waals surface area contributed by atoms with Gasteiger partial charge in [-0.05, 0) is 12.1 Å². The average Bonchev–Trinajstić information content (AvgIpc) is 1.94. The third kappa shape index (κ3) is 6.59. The Labute approximate surface area is 88.3 Å². The van der Waals surface area contributed by atoms with Crippen molar-refractivity contribution in [1.29, 1.82) is 0 Å². The van der Waals surface area contributed by atoms with Gasteiger partial charge < -0.3 is 5.11 Å². The fraction of sp³-hybridized carbons (Fsp3) is 0.143. The number of hydrogen-bond acceptors (Lipinski definition) is 1. The van der Waals surface area contributed by atoms with Crippen molar-refractivity contribution in [2.24, 2.45) is 0 Å². The molecule has 0 amide bonds. The molecule has 1 N–H and O–H groups in total. The zero-order valence-electron chi connectivity index (χ0n) is 5.21. The van der Waals surface area contributed by atoms with Crippen molar-refractivity contribution in [2.45, 2.75) is 0 Å². The number of aliphatic hydroxyl groups excluding tert-OH is 1. The van der Waals surface area contributed by atoms with E-state index < -0.39 is 0 Å². The molecule has 0 saturated carbocycles. The first-order chi connectivity index (χ1) is 4.39. The maximum atomic E-state index is 7.00. The van der Waals surface area contributed by atoms with E-state index in [0.717, 1.165) is 12.1 Å². The summed E-state index contributed by atoms with van der Waals surface area (Å²) < 4.78 is 0. The van der Waals surface area contributed by atoms with Crippen molar-refractivity contribution in [3.63, 3.8) is 0 Å². The van der Waals surface area contributed by atoms with Gasteiger partial charge in [0.05, 0.1) is 0 Å². The van der Waals surface area contributed by atoms with Crippen LogP contribution in [0, 0.1) is 0 Å². The molecule has 10 heavy (non-hydrogen) atoms. The van der Waals surface area contributed by atoms with E-state index in [1.807, 2.05) is 30.3 Å². The molecule has 1 rings (SSSR count). The summed E-state index contributed by atoms with van der Waals surface area (Å²) in [7, 11) is 1.00. The van der Waals surface area contributed by atoms with E-state index in [2.05, 4.69) is 0 Å². The molecule has 3 heteroatoms. The average molecular weight is 169 g/mol. The number of halogens is 1. The molecule has 52 valence electrons. The van der Waals surface area contributed by atoms with Crippen LogP contribution in [0.4, 0.5) is 0 Å². The second kappa shape index (κ2) is 9.47. The van der Waals surface area contributed by atoms with Gasteiger partial charge in [-0.15, -0.1) is 0 Å². The summed E-state index contributed by atoms with van der Waals surface area (Å²) in [5, 5.41) is 7.79. The molecule has 0 aliphatic heterocycles. The van der Waals surface area contributed by atoms with Crippen LogP contribution in [-0.2, 0) is 0 Å². The Morgan fingerprint density at radius 1 is 1.10 bits per heavy atom. The maximum absolute atomic E-state index is 7.00. The molecule has 0 fully saturated rings. The van der Waals surface area contributed by atoms with Crippen molar-refractivity contribution >= 4 is 41.2 Å². The van der Waals surface area contributed by atoms with Crippen LogP contribution in [-0.4, -0.2) is 41.8 Å². The molecule has 0 radical (unpaired) electrons. The van der Waals surface area contributed by atoms with E-state index in [1.54, 1.807) is 0 Å². The fourth-order valence-corrected chi connectivity index (χ4v) is 0.560. The molecule has 0 aromatic heterocycles. The van der Waals surface area contributed by atoms with Crippen LogP contribution in [0.1, 0.15) is 0 Å². The quantitative estimate of drug-likeness (QED) is 0.579. The molecule has 0 heterocycles. The molecular formula is C7H10ClNaO. The normalized spacial score (nSPS) is 6.70. The van der Waals surface area contributed by atoms with E-state index in [1.165, 1.54) is 0 Å². The molecule has 0 saturated heterocycles. The third-order valence-corrected chi connectivity index (χ3v) is 0.985. The summed E-state index contributed by atoms with van der Waals surface area (Å²) in [6, 6.07) is 9.44. The van der Waals surface area contributed by atoms with Gasteiger partial charge in [0.2, 0.25) is 0 Å². The van der Waals surface area contributed by atoms with Crippen LogP contribution in [0.2, 0.25) is 5.02 Å². The van der Waals surface area contributed by atoms with Crippen molar-refractivity contribution in [3.8, 4) is 0 Å². The monoisotopic (exact) mass is 168 g/mol. The zero-order valence-corrected chi connectivity index (χ0v) is 5.97. The first kappa shape index (κ1) is 13.1. The molecule has 1 aromatic rings. The molecule has 0 aliphatic carbocycles. The van der Waals surface area contributed by atoms with Gasteiger partial charge in [0.25, 0.3) is 0 Å². The summed E-state index contributed by atoms with van der Waals surface area (Å²) >= 11 is 5.54. The summed E-state index contributed by atoms with van der Waals surface area (Å²) in [6.45, 7) is 0. The summed E-state index contributed by atoms with van der Waals surface area (Å²) in [6.07, 6.45) is 0. The van der Waals surface area contributed by atoms with Crippen LogP contribution in [0.25, 0.3) is 0 Å². The number of benzene rings is 1. The molecule has 0 aliphatic rings. The van der Waals surface area contributed by atoms with Crippen molar-refractivity contribution < 1.29 is 5.11 Å². The zero-order chi connectivity index (χ0) is 7.11. The van der Waals surface area contributed by atoms with Crippen molar-refractivity contribution in [1.82, 2.24) is 0 Å². The Morgan fingerprint density at radius 3 is 1.70 bits per heavy atom. The SMILES string of the molecule is CO.Clc1ccccc1.[NaH]. The van der Waals surface area contributed by atoms with E-state index >= 15 is 0 Å². The van der Waals surface area contributed by atoms with Crippen LogP contribution < -0.4 is 0 Å². The predicted molar refractivity (Wildman–Crippen MR) is 46.7 cm³/mol. The predicted octanol–water partition coefficient (Wildman–Crippen LogP) is 1.30. The number of hydrogen-bond donors (Lipinski definition) is 1. The topological polar surface area (TPSA) is 20.2 Å². The minimum absolute atomic E-state index is 0. The van der Waals surface area contributed by atoms with Crippen molar-refractivity contribution in [2.75, 3.05) is 7.11 Å². The minimum atomic E-state index is 0. The van der Waals surface area contributed by atoms with Gasteiger partial charge in [0.15, 0.2) is 0 Å². The van der Waals surface area contributed by atoms with Gasteiger partial charge in [-0.1, -0.05) is 29.8 Å². The van der Waals surface area contributed by atoms with Gasteiger partial charge in [0, 0.05) is 12.1 Å². The van der Waals surface area contributed by atoms with Crippen molar-refractivity contribution in [3.05, 3.63) is 35.4 Å². The van der Waals surface area contributed by atoms with Gasteiger partial charge in [-0.25, -0.2) is 0 Å². The fourth-order valence-electron chi connectivity index (χ4n) is 0.415. The molecule has 1 nitrogen and oxygen atoms in total. The first-order valence-corrected chi connectivity index (χ1v) is 2.92. The van der Waals surface area contributed by atoms with Crippen LogP contribution >= 0.6 is 11.6 Å². The summed E-state index contributed by atoms with van der Waals surface area (Å²) in [4.78, 5) is 0. The standard InChI is InChI=1S/C6H5Cl.CH4O.Na.H/c7-6-4-2-1-3-5-6;1-2;;/h1-5H;2H,1H3;;. The molecule has 0 bridgehead atoms. The van der Waals surface area contributed by atoms with E-state index in [0.29, 0.717) is 0 Å². The third-order valence-electron chi connectivity index (χ3n) is 0.733. The number of rotatable bonds is 0. The van der Waals surface area contributed by atoms with Gasteiger partial charge in [-0.2, -0.15) is 0 Å². The second-order valence-electron chi connectivity index (χ2n) is 1.30. The molecule has 0 atom stereocenters. The van der Waals surface area contributed by atoms with Gasteiger partial charge in [-0.3, -0.25) is 0 Å². The van der Waals surface area contributed by atoms with Crippen LogP contribution in [0.3, 0.4) is 0 Å². The molecule has 0 unspecified atom stereocenters. The van der Waals surface area contributed by atoms with E-state index in [-0.39, 0.29) is 29.6 Å². The molecule has 1 aromatic carbocycles. The Balaban J connectivity index is 0. The summed E-state index contributed by atoms with van der Waals surface area (Å²) in [5.41, 5.74) is 0. The van der Waals surface area contributed by atoms with Crippen LogP contribution in [0.5, 0.6) is 0 Å². The van der Waals surface area contributed by atoms with Gasteiger partial charge in [0.1, 0.15) is 0 Å². The Bertz CT molecular complexity index is 144. The molecule has 0 spiro atoms. The van der Waals surface area contributed by atoms with E-state index in [4.69, 9.17) is 16.7 Å². The van der Waals surface area contributed by atoms with E-state index in [9.17, 15) is 0 Å².